The highest BCUT2D eigenvalue weighted by molar-refractivity contribution is 4.48. The number of rotatable bonds is 15. The molecule has 0 bridgehead atoms. The van der Waals surface area contributed by atoms with Crippen LogP contribution in [0.4, 0.5) is 0 Å². The predicted octanol–water partition coefficient (Wildman–Crippen LogP) is -0.564. The molecule has 0 aromatic rings. The number of hydrogen-bond acceptors (Lipinski definition) is 0. The molecule has 24 heavy (non-hydrogen) atoms. The first-order valence-corrected chi connectivity index (χ1v) is 9.89. The number of nitrogens with zero attached hydrogens (tertiary/aromatic N) is 2. The van der Waals surface area contributed by atoms with Gasteiger partial charge in [0.2, 0.25) is 6.67 Å². The standard InChI is InChI=1S/C20H46N2.2ClH/c1-7-8-9-10-11-12-13-14-15-16-17-18-19-22(5,6)20-21(2,3)4;;/h7-20H2,1-6H3;2*1H/q+2;;/p-2. The van der Waals surface area contributed by atoms with Gasteiger partial charge in [0.1, 0.15) is 0 Å². The molecule has 0 saturated carbocycles. The summed E-state index contributed by atoms with van der Waals surface area (Å²) in [6, 6.07) is 0. The maximum absolute atomic E-state index is 2.38. The third-order valence-corrected chi connectivity index (χ3v) is 4.42. The van der Waals surface area contributed by atoms with Crippen molar-refractivity contribution in [1.82, 2.24) is 0 Å². The number of hydrogen-bond donors (Lipinski definition) is 0. The van der Waals surface area contributed by atoms with E-state index in [1.54, 1.807) is 0 Å². The van der Waals surface area contributed by atoms with Gasteiger partial charge >= 0.3 is 0 Å². The van der Waals surface area contributed by atoms with Crippen LogP contribution in [0.2, 0.25) is 0 Å². The quantitative estimate of drug-likeness (QED) is 0.201. The van der Waals surface area contributed by atoms with E-state index in [0.717, 1.165) is 8.97 Å². The maximum Gasteiger partial charge on any atom is 0.206 e. The van der Waals surface area contributed by atoms with Crippen LogP contribution in [0, 0.1) is 0 Å². The molecule has 0 N–H and O–H groups in total. The fourth-order valence-corrected chi connectivity index (χ4v) is 3.60. The largest absolute Gasteiger partial charge is 1.00 e. The Morgan fingerprint density at radius 2 is 0.833 bits per heavy atom. The van der Waals surface area contributed by atoms with Crippen molar-refractivity contribution in [2.24, 2.45) is 0 Å². The van der Waals surface area contributed by atoms with Crippen LogP contribution in [0.15, 0.2) is 0 Å². The molecular formula is C20H46Cl2N2. The Morgan fingerprint density at radius 1 is 0.500 bits per heavy atom. The molecule has 0 aliphatic heterocycles. The van der Waals surface area contributed by atoms with E-state index in [4.69, 9.17) is 0 Å². The van der Waals surface area contributed by atoms with Crippen LogP contribution < -0.4 is 24.8 Å². The van der Waals surface area contributed by atoms with E-state index in [0.29, 0.717) is 0 Å². The summed E-state index contributed by atoms with van der Waals surface area (Å²) in [5, 5.41) is 0. The van der Waals surface area contributed by atoms with Crippen molar-refractivity contribution < 1.29 is 33.8 Å². The van der Waals surface area contributed by atoms with E-state index < -0.39 is 0 Å². The Morgan fingerprint density at radius 3 is 1.17 bits per heavy atom. The molecule has 0 unspecified atom stereocenters. The van der Waals surface area contributed by atoms with Crippen molar-refractivity contribution in [2.75, 3.05) is 48.5 Å². The highest BCUT2D eigenvalue weighted by Gasteiger charge is 2.22. The first kappa shape index (κ1) is 29.3. The average Bonchev–Trinajstić information content (AvgIpc) is 2.37. The molecule has 0 rings (SSSR count). The molecule has 0 aliphatic carbocycles. The average molecular weight is 386 g/mol. The smallest absolute Gasteiger partial charge is 0.206 e. The zero-order valence-corrected chi connectivity index (χ0v) is 19.1. The lowest BCUT2D eigenvalue weighted by molar-refractivity contribution is -1.06. The van der Waals surface area contributed by atoms with Crippen LogP contribution >= 0.6 is 0 Å². The van der Waals surface area contributed by atoms with Gasteiger partial charge in [0.15, 0.2) is 0 Å². The van der Waals surface area contributed by atoms with Crippen LogP contribution in [-0.2, 0) is 0 Å². The highest BCUT2D eigenvalue weighted by atomic mass is 35.5. The molecule has 4 heteroatoms. The molecule has 0 aromatic carbocycles. The van der Waals surface area contributed by atoms with Crippen LogP contribution in [0.3, 0.4) is 0 Å². The molecule has 0 heterocycles. The second kappa shape index (κ2) is 16.9. The summed E-state index contributed by atoms with van der Waals surface area (Å²) in [6.45, 7) is 4.84. The molecule has 0 fully saturated rings. The lowest BCUT2D eigenvalue weighted by atomic mass is 10.1. The minimum atomic E-state index is 0. The summed E-state index contributed by atoms with van der Waals surface area (Å²) < 4.78 is 2.21. The van der Waals surface area contributed by atoms with E-state index in [1.165, 1.54) is 90.3 Å². The topological polar surface area (TPSA) is 0 Å². The zero-order chi connectivity index (χ0) is 16.9. The molecule has 0 spiro atoms. The van der Waals surface area contributed by atoms with E-state index in [2.05, 4.69) is 42.2 Å². The molecule has 2 nitrogen and oxygen atoms in total. The number of quaternary nitrogens is 2. The van der Waals surface area contributed by atoms with Gasteiger partial charge in [-0.2, -0.15) is 0 Å². The van der Waals surface area contributed by atoms with Gasteiger partial charge in [-0.15, -0.1) is 0 Å². The molecule has 0 saturated heterocycles. The summed E-state index contributed by atoms with van der Waals surface area (Å²) in [5.74, 6) is 0. The third-order valence-electron chi connectivity index (χ3n) is 4.42. The van der Waals surface area contributed by atoms with Crippen LogP contribution in [0.25, 0.3) is 0 Å². The Bertz CT molecular complexity index is 251. The SMILES string of the molecule is CCCCCCCCCCCCCC[N+](C)(C)C[N+](C)(C)C.[Cl-].[Cl-]. The number of halogens is 2. The molecule has 150 valence electrons. The number of unbranched alkanes of at least 4 members (excludes halogenated alkanes) is 11. The Labute approximate surface area is 166 Å². The maximum atomic E-state index is 2.38. The third kappa shape index (κ3) is 22.5. The second-order valence-electron chi connectivity index (χ2n) is 8.98. The minimum absolute atomic E-state index is 0. The molecule has 0 atom stereocenters. The molecular weight excluding hydrogens is 339 g/mol. The summed E-state index contributed by atoms with van der Waals surface area (Å²) in [5.41, 5.74) is 0. The van der Waals surface area contributed by atoms with Gasteiger partial charge in [0, 0.05) is 0 Å². The van der Waals surface area contributed by atoms with E-state index in [-0.39, 0.29) is 24.8 Å². The van der Waals surface area contributed by atoms with E-state index >= 15 is 0 Å². The first-order chi connectivity index (χ1) is 10.3. The summed E-state index contributed by atoms with van der Waals surface area (Å²) >= 11 is 0. The fourth-order valence-electron chi connectivity index (χ4n) is 3.60. The minimum Gasteiger partial charge on any atom is -1.00 e. The normalized spacial score (nSPS) is 11.8. The lowest BCUT2D eigenvalue weighted by Crippen LogP contribution is -3.00. The fraction of sp³-hybridized carbons (Fsp3) is 1.00. The van der Waals surface area contributed by atoms with Gasteiger partial charge in [0.05, 0.1) is 41.8 Å². The van der Waals surface area contributed by atoms with Crippen molar-refractivity contribution in [3.63, 3.8) is 0 Å². The van der Waals surface area contributed by atoms with Crippen LogP contribution in [0.5, 0.6) is 0 Å². The van der Waals surface area contributed by atoms with Crippen molar-refractivity contribution in [3.05, 3.63) is 0 Å². The van der Waals surface area contributed by atoms with Gasteiger partial charge in [0.25, 0.3) is 0 Å². The van der Waals surface area contributed by atoms with Crippen LogP contribution in [-0.4, -0.2) is 57.4 Å². The molecule has 0 radical (unpaired) electrons. The van der Waals surface area contributed by atoms with Crippen molar-refractivity contribution >= 4 is 0 Å². The summed E-state index contributed by atoms with van der Waals surface area (Å²) in [7, 11) is 11.6. The Hall–Kier alpha value is 0.500. The molecule has 0 aromatic heterocycles. The monoisotopic (exact) mass is 384 g/mol. The second-order valence-corrected chi connectivity index (χ2v) is 8.98. The molecule has 0 amide bonds. The summed E-state index contributed by atoms with van der Waals surface area (Å²) in [4.78, 5) is 0. The van der Waals surface area contributed by atoms with Crippen molar-refractivity contribution in [2.45, 2.75) is 84.0 Å². The Kier molecular flexibility index (Phi) is 20.7. The Balaban J connectivity index is -0.00000220. The lowest BCUT2D eigenvalue weighted by Gasteiger charge is -2.36. The molecule has 0 aliphatic rings. The van der Waals surface area contributed by atoms with Gasteiger partial charge in [-0.25, -0.2) is 0 Å². The summed E-state index contributed by atoms with van der Waals surface area (Å²) in [6.07, 6.45) is 17.3. The van der Waals surface area contributed by atoms with Gasteiger partial charge in [-0.1, -0.05) is 71.1 Å². The van der Waals surface area contributed by atoms with E-state index in [1.807, 2.05) is 0 Å². The van der Waals surface area contributed by atoms with Gasteiger partial charge in [-0.05, 0) is 12.8 Å². The van der Waals surface area contributed by atoms with Gasteiger partial charge < -0.3 is 24.8 Å². The van der Waals surface area contributed by atoms with E-state index in [9.17, 15) is 0 Å². The van der Waals surface area contributed by atoms with Gasteiger partial charge in [-0.3, -0.25) is 8.97 Å². The van der Waals surface area contributed by atoms with Crippen molar-refractivity contribution in [3.8, 4) is 0 Å². The van der Waals surface area contributed by atoms with Crippen molar-refractivity contribution in [1.29, 1.82) is 0 Å². The first-order valence-electron chi connectivity index (χ1n) is 9.89. The zero-order valence-electron chi connectivity index (χ0n) is 17.5. The highest BCUT2D eigenvalue weighted by Crippen LogP contribution is 2.13. The predicted molar refractivity (Wildman–Crippen MR) is 101 cm³/mol. The van der Waals surface area contributed by atoms with Crippen LogP contribution in [0.1, 0.15) is 84.0 Å².